The summed E-state index contributed by atoms with van der Waals surface area (Å²) in [4.78, 5) is 25.5. The highest BCUT2D eigenvalue weighted by Crippen LogP contribution is 2.60. The van der Waals surface area contributed by atoms with E-state index in [4.69, 9.17) is 9.47 Å². The first kappa shape index (κ1) is 22.2. The average Bonchev–Trinajstić information content (AvgIpc) is 2.85. The molecule has 5 atom stereocenters. The predicted octanol–water partition coefficient (Wildman–Crippen LogP) is 5.27. The molecule has 0 saturated heterocycles. The van der Waals surface area contributed by atoms with E-state index in [-0.39, 0.29) is 11.4 Å². The van der Waals surface area contributed by atoms with Crippen LogP contribution in [-0.4, -0.2) is 30.3 Å². The molecule has 0 heterocycles. The van der Waals surface area contributed by atoms with E-state index >= 15 is 0 Å². The number of hydrogen-bond acceptors (Lipinski definition) is 4. The number of hydrogen-bond donors (Lipinski definition) is 1. The Morgan fingerprint density at radius 2 is 1.84 bits per heavy atom. The van der Waals surface area contributed by atoms with Crippen LogP contribution >= 0.6 is 0 Å². The highest BCUT2D eigenvalue weighted by molar-refractivity contribution is 5.81. The van der Waals surface area contributed by atoms with E-state index in [1.165, 1.54) is 44.9 Å². The number of esters is 1. The third kappa shape index (κ3) is 5.61. The lowest BCUT2D eigenvalue weighted by Crippen LogP contribution is -2.46. The molecule has 3 aliphatic carbocycles. The standard InChI is InChI=1S/C26H37NO4/c1-25(2,3)31-24(29)27-22(13-18-8-5-4-6-9-18)23(28)30-17-26-14-19-10-7-11-20(15-26)21(12-19)16-26/h4-6,8-9,19-22H,7,10-17H2,1-3H3,(H,27,29)/t19?,20?,21?,22-,26?/m0/s1. The second kappa shape index (κ2) is 8.84. The molecule has 31 heavy (non-hydrogen) atoms. The summed E-state index contributed by atoms with van der Waals surface area (Å²) < 4.78 is 11.3. The van der Waals surface area contributed by atoms with Gasteiger partial charge in [-0.3, -0.25) is 0 Å². The Morgan fingerprint density at radius 1 is 1.10 bits per heavy atom. The minimum absolute atomic E-state index is 0.150. The highest BCUT2D eigenvalue weighted by Gasteiger charge is 2.52. The van der Waals surface area contributed by atoms with Crippen molar-refractivity contribution in [2.75, 3.05) is 6.61 Å². The first-order valence-corrected chi connectivity index (χ1v) is 11.9. The zero-order chi connectivity index (χ0) is 22.1. The summed E-state index contributed by atoms with van der Waals surface area (Å²) in [6, 6.07) is 8.97. The summed E-state index contributed by atoms with van der Waals surface area (Å²) in [5, 5.41) is 2.75. The first-order valence-electron chi connectivity index (χ1n) is 11.9. The van der Waals surface area contributed by atoms with Crippen LogP contribution in [0.1, 0.15) is 71.3 Å². The van der Waals surface area contributed by atoms with Crippen LogP contribution in [-0.2, 0) is 20.7 Å². The summed E-state index contributed by atoms with van der Waals surface area (Å²) in [7, 11) is 0. The molecule has 0 radical (unpaired) electrons. The van der Waals surface area contributed by atoms with Gasteiger partial charge in [-0.1, -0.05) is 49.6 Å². The van der Waals surface area contributed by atoms with Gasteiger partial charge in [0.15, 0.2) is 0 Å². The molecule has 5 heteroatoms. The number of ether oxygens (including phenoxy) is 2. The van der Waals surface area contributed by atoms with Gasteiger partial charge in [0.25, 0.3) is 0 Å². The number of amides is 1. The minimum atomic E-state index is -0.756. The molecular formula is C26H37NO4. The van der Waals surface area contributed by atoms with Gasteiger partial charge >= 0.3 is 12.1 Å². The number of alkyl carbamates (subject to hydrolysis) is 1. The van der Waals surface area contributed by atoms with Gasteiger partial charge in [-0.05, 0) is 69.8 Å². The van der Waals surface area contributed by atoms with E-state index in [9.17, 15) is 9.59 Å². The second-order valence-electron chi connectivity index (χ2n) is 11.2. The molecule has 3 saturated carbocycles. The number of benzene rings is 1. The van der Waals surface area contributed by atoms with Crippen molar-refractivity contribution in [1.82, 2.24) is 5.32 Å². The summed E-state index contributed by atoms with van der Waals surface area (Å²) in [5.41, 5.74) is 0.507. The molecule has 4 rings (SSSR count). The van der Waals surface area contributed by atoms with Crippen molar-refractivity contribution in [3.8, 4) is 0 Å². The Labute approximate surface area is 186 Å². The summed E-state index contributed by atoms with van der Waals surface area (Å²) in [5.74, 6) is 2.07. The molecular weight excluding hydrogens is 390 g/mol. The van der Waals surface area contributed by atoms with Crippen molar-refractivity contribution in [3.63, 3.8) is 0 Å². The molecule has 3 bridgehead atoms. The van der Waals surface area contributed by atoms with Crippen LogP contribution < -0.4 is 5.32 Å². The van der Waals surface area contributed by atoms with Crippen molar-refractivity contribution in [2.45, 2.75) is 83.8 Å². The fourth-order valence-electron chi connectivity index (χ4n) is 6.32. The zero-order valence-electron chi connectivity index (χ0n) is 19.2. The summed E-state index contributed by atoms with van der Waals surface area (Å²) in [6.07, 6.45) is 8.80. The molecule has 4 unspecified atom stereocenters. The van der Waals surface area contributed by atoms with Crippen molar-refractivity contribution in [1.29, 1.82) is 0 Å². The second-order valence-corrected chi connectivity index (χ2v) is 11.2. The zero-order valence-corrected chi connectivity index (χ0v) is 19.2. The number of carbonyl (C=O) groups excluding carboxylic acids is 2. The lowest BCUT2D eigenvalue weighted by molar-refractivity contribution is -0.150. The molecule has 5 nitrogen and oxygen atoms in total. The fraction of sp³-hybridized carbons (Fsp3) is 0.692. The van der Waals surface area contributed by atoms with E-state index in [1.807, 2.05) is 51.1 Å². The van der Waals surface area contributed by atoms with Gasteiger partial charge in [0.05, 0.1) is 6.61 Å². The van der Waals surface area contributed by atoms with Gasteiger partial charge in [0.1, 0.15) is 11.6 Å². The predicted molar refractivity (Wildman–Crippen MR) is 119 cm³/mol. The van der Waals surface area contributed by atoms with Crippen LogP contribution in [0.5, 0.6) is 0 Å². The molecule has 1 aromatic carbocycles. The molecule has 1 aromatic rings. The van der Waals surface area contributed by atoms with Crippen molar-refractivity contribution < 1.29 is 19.1 Å². The monoisotopic (exact) mass is 427 g/mol. The third-order valence-electron chi connectivity index (χ3n) is 7.38. The summed E-state index contributed by atoms with van der Waals surface area (Å²) in [6.45, 7) is 5.92. The van der Waals surface area contributed by atoms with Gasteiger partial charge in [-0.25, -0.2) is 9.59 Å². The number of nitrogens with one attached hydrogen (secondary N) is 1. The lowest BCUT2D eigenvalue weighted by Gasteiger charge is -2.37. The Balaban J connectivity index is 1.41. The fourth-order valence-corrected chi connectivity index (χ4v) is 6.32. The minimum Gasteiger partial charge on any atom is -0.464 e. The lowest BCUT2D eigenvalue weighted by atomic mass is 9.70. The third-order valence-corrected chi connectivity index (χ3v) is 7.38. The maximum absolute atomic E-state index is 13.1. The maximum atomic E-state index is 13.1. The largest absolute Gasteiger partial charge is 0.464 e. The van der Waals surface area contributed by atoms with Crippen LogP contribution in [0.3, 0.4) is 0 Å². The highest BCUT2D eigenvalue weighted by atomic mass is 16.6. The number of rotatable bonds is 6. The smallest absolute Gasteiger partial charge is 0.408 e. The van der Waals surface area contributed by atoms with E-state index in [1.54, 1.807) is 0 Å². The van der Waals surface area contributed by atoms with Gasteiger partial charge in [0, 0.05) is 11.8 Å². The Morgan fingerprint density at radius 3 is 2.58 bits per heavy atom. The topological polar surface area (TPSA) is 64.6 Å². The first-order chi connectivity index (χ1) is 14.7. The van der Waals surface area contributed by atoms with Crippen LogP contribution in [0, 0.1) is 23.2 Å². The molecule has 3 fully saturated rings. The van der Waals surface area contributed by atoms with Gasteiger partial charge in [-0.15, -0.1) is 0 Å². The summed E-state index contributed by atoms with van der Waals surface area (Å²) >= 11 is 0. The average molecular weight is 428 g/mol. The molecule has 0 spiro atoms. The van der Waals surface area contributed by atoms with Crippen LogP contribution in [0.15, 0.2) is 30.3 Å². The number of fused-ring (bicyclic) bond motifs is 2. The van der Waals surface area contributed by atoms with Crippen molar-refractivity contribution in [3.05, 3.63) is 35.9 Å². The van der Waals surface area contributed by atoms with E-state index < -0.39 is 17.7 Å². The molecule has 170 valence electrons. The molecule has 1 amide bonds. The van der Waals surface area contributed by atoms with Crippen molar-refractivity contribution in [2.24, 2.45) is 23.2 Å². The van der Waals surface area contributed by atoms with E-state index in [2.05, 4.69) is 5.32 Å². The quantitative estimate of drug-likeness (QED) is 0.628. The van der Waals surface area contributed by atoms with E-state index in [0.29, 0.717) is 13.0 Å². The van der Waals surface area contributed by atoms with Crippen LogP contribution in [0.25, 0.3) is 0 Å². The molecule has 0 aliphatic heterocycles. The maximum Gasteiger partial charge on any atom is 0.408 e. The molecule has 0 aromatic heterocycles. The van der Waals surface area contributed by atoms with Gasteiger partial charge < -0.3 is 14.8 Å². The van der Waals surface area contributed by atoms with E-state index in [0.717, 1.165) is 23.3 Å². The Hall–Kier alpha value is -2.04. The van der Waals surface area contributed by atoms with Crippen LogP contribution in [0.4, 0.5) is 4.79 Å². The molecule has 1 N–H and O–H groups in total. The van der Waals surface area contributed by atoms with Gasteiger partial charge in [-0.2, -0.15) is 0 Å². The Kier molecular flexibility index (Phi) is 6.32. The Bertz CT molecular complexity index is 782. The van der Waals surface area contributed by atoms with Gasteiger partial charge in [0.2, 0.25) is 0 Å². The van der Waals surface area contributed by atoms with Crippen molar-refractivity contribution >= 4 is 12.1 Å². The molecule has 3 aliphatic rings. The number of carbonyl (C=O) groups is 2. The van der Waals surface area contributed by atoms with Crippen LogP contribution in [0.2, 0.25) is 0 Å². The normalized spacial score (nSPS) is 30.4. The SMILES string of the molecule is CC(C)(C)OC(=O)N[C@@H](Cc1ccccc1)C(=O)OCC12CC3CCCC(C1)C(C3)C2.